The molecule has 4 N–H and O–H groups in total. The maximum absolute atomic E-state index is 12.2. The Hall–Kier alpha value is -1.64. The molecule has 0 amide bonds. The zero-order valence-electron chi connectivity index (χ0n) is 11.8. The van der Waals surface area contributed by atoms with Gasteiger partial charge < -0.3 is 15.3 Å². The Bertz CT molecular complexity index is 611. The van der Waals surface area contributed by atoms with Gasteiger partial charge in [0.05, 0.1) is 11.5 Å². The highest BCUT2D eigenvalue weighted by atomic mass is 32.2. The van der Waals surface area contributed by atoms with E-state index in [1.807, 2.05) is 13.8 Å². The minimum atomic E-state index is -3.97. The molecular weight excluding hydrogens is 298 g/mol. The Kier molecular flexibility index (Phi) is 5.70. The molecule has 1 unspecified atom stereocenters. The maximum Gasteiger partial charge on any atom is 0.339 e. The summed E-state index contributed by atoms with van der Waals surface area (Å²) >= 11 is 0. The van der Waals surface area contributed by atoms with Crippen LogP contribution in [0, 0.1) is 5.92 Å². The molecule has 0 aliphatic rings. The summed E-state index contributed by atoms with van der Waals surface area (Å²) < 4.78 is 26.7. The molecule has 1 atom stereocenters. The molecular formula is C13H19NO6S. The number of nitrogens with one attached hydrogen (secondary N) is 1. The molecule has 0 saturated carbocycles. The third kappa shape index (κ3) is 4.69. The van der Waals surface area contributed by atoms with Gasteiger partial charge in [0.15, 0.2) is 0 Å². The minimum Gasteiger partial charge on any atom is -0.507 e. The molecule has 7 nitrogen and oxygen atoms in total. The molecule has 0 spiro atoms. The van der Waals surface area contributed by atoms with Gasteiger partial charge >= 0.3 is 5.97 Å². The molecule has 0 saturated heterocycles. The van der Waals surface area contributed by atoms with Crippen LogP contribution in [0.25, 0.3) is 0 Å². The van der Waals surface area contributed by atoms with Gasteiger partial charge in [-0.1, -0.05) is 13.8 Å². The lowest BCUT2D eigenvalue weighted by Crippen LogP contribution is -2.38. The molecule has 8 heteroatoms. The van der Waals surface area contributed by atoms with Crippen LogP contribution in [-0.2, 0) is 10.0 Å². The minimum absolute atomic E-state index is 0.180. The van der Waals surface area contributed by atoms with Crippen LogP contribution in [-0.4, -0.2) is 42.4 Å². The Morgan fingerprint density at radius 1 is 1.33 bits per heavy atom. The van der Waals surface area contributed by atoms with Crippen LogP contribution < -0.4 is 4.72 Å². The van der Waals surface area contributed by atoms with Gasteiger partial charge in [-0.3, -0.25) is 0 Å². The lowest BCUT2D eigenvalue weighted by Gasteiger charge is -2.18. The molecule has 21 heavy (non-hydrogen) atoms. The van der Waals surface area contributed by atoms with Crippen LogP contribution in [0.4, 0.5) is 0 Å². The van der Waals surface area contributed by atoms with Crippen molar-refractivity contribution in [1.82, 2.24) is 4.72 Å². The van der Waals surface area contributed by atoms with Crippen molar-refractivity contribution in [1.29, 1.82) is 0 Å². The Balaban J connectivity index is 3.07. The first-order chi connectivity index (χ1) is 9.67. The van der Waals surface area contributed by atoms with E-state index in [9.17, 15) is 23.4 Å². The molecule has 0 fully saturated rings. The number of hydrogen-bond acceptors (Lipinski definition) is 5. The van der Waals surface area contributed by atoms with Crippen LogP contribution in [0.15, 0.2) is 23.1 Å². The van der Waals surface area contributed by atoms with Gasteiger partial charge in [0.1, 0.15) is 11.3 Å². The number of carboxylic acid groups (broad SMARTS) is 1. The molecule has 1 aromatic carbocycles. The maximum atomic E-state index is 12.2. The van der Waals surface area contributed by atoms with E-state index in [0.29, 0.717) is 6.42 Å². The number of aliphatic hydroxyl groups excluding tert-OH is 1. The van der Waals surface area contributed by atoms with Crippen LogP contribution in [0.2, 0.25) is 0 Å². The number of carbonyl (C=O) groups is 1. The highest BCUT2D eigenvalue weighted by Gasteiger charge is 2.22. The third-order valence-electron chi connectivity index (χ3n) is 2.81. The summed E-state index contributed by atoms with van der Waals surface area (Å²) in [6.45, 7) is 3.42. The van der Waals surface area contributed by atoms with Crippen molar-refractivity contribution >= 4 is 16.0 Å². The van der Waals surface area contributed by atoms with E-state index in [4.69, 9.17) is 5.11 Å². The number of carboxylic acids is 1. The number of rotatable bonds is 7. The van der Waals surface area contributed by atoms with Gasteiger partial charge in [0.2, 0.25) is 10.0 Å². The summed E-state index contributed by atoms with van der Waals surface area (Å²) in [7, 11) is -3.97. The average molecular weight is 317 g/mol. The van der Waals surface area contributed by atoms with E-state index in [1.54, 1.807) is 0 Å². The van der Waals surface area contributed by atoms with E-state index in [0.717, 1.165) is 18.2 Å². The lowest BCUT2D eigenvalue weighted by molar-refractivity contribution is 0.0693. The fourth-order valence-corrected chi connectivity index (χ4v) is 3.14. The average Bonchev–Trinajstić information content (AvgIpc) is 2.36. The Labute approximate surface area is 123 Å². The van der Waals surface area contributed by atoms with Gasteiger partial charge in [-0.15, -0.1) is 0 Å². The number of aromatic carboxylic acids is 1. The molecule has 0 aliphatic carbocycles. The van der Waals surface area contributed by atoms with Gasteiger partial charge in [-0.2, -0.15) is 0 Å². The van der Waals surface area contributed by atoms with E-state index in [2.05, 4.69) is 4.72 Å². The van der Waals surface area contributed by atoms with Crippen molar-refractivity contribution in [2.24, 2.45) is 5.92 Å². The van der Waals surface area contributed by atoms with Gasteiger partial charge in [0, 0.05) is 6.04 Å². The second kappa shape index (κ2) is 6.88. The number of benzene rings is 1. The number of sulfonamides is 1. The number of aromatic hydroxyl groups is 1. The summed E-state index contributed by atoms with van der Waals surface area (Å²) in [5.41, 5.74) is -0.498. The van der Waals surface area contributed by atoms with Crippen molar-refractivity contribution in [2.75, 3.05) is 6.61 Å². The number of aliphatic hydroxyl groups is 1. The van der Waals surface area contributed by atoms with Crippen LogP contribution in [0.5, 0.6) is 5.75 Å². The molecule has 0 aromatic heterocycles. The van der Waals surface area contributed by atoms with Crippen molar-refractivity contribution in [2.45, 2.75) is 31.2 Å². The lowest BCUT2D eigenvalue weighted by atomic mass is 10.1. The van der Waals surface area contributed by atoms with E-state index in [-0.39, 0.29) is 17.4 Å². The van der Waals surface area contributed by atoms with Crippen LogP contribution in [0.3, 0.4) is 0 Å². The SMILES string of the molecule is CC(C)CC(CO)NS(=O)(=O)c1ccc(O)c(C(=O)O)c1. The summed E-state index contributed by atoms with van der Waals surface area (Å²) in [5, 5.41) is 27.5. The summed E-state index contributed by atoms with van der Waals surface area (Å²) in [5.74, 6) is -1.76. The molecule has 118 valence electrons. The predicted octanol–water partition coefficient (Wildman–Crippen LogP) is 0.776. The van der Waals surface area contributed by atoms with Crippen LogP contribution in [0.1, 0.15) is 30.6 Å². The summed E-state index contributed by atoms with van der Waals surface area (Å²) in [6.07, 6.45) is 0.444. The molecule has 0 bridgehead atoms. The van der Waals surface area contributed by atoms with Crippen molar-refractivity contribution in [3.8, 4) is 5.75 Å². The number of hydrogen-bond donors (Lipinski definition) is 4. The van der Waals surface area contributed by atoms with Crippen molar-refractivity contribution in [3.63, 3.8) is 0 Å². The quantitative estimate of drug-likeness (QED) is 0.589. The second-order valence-electron chi connectivity index (χ2n) is 5.11. The van der Waals surface area contributed by atoms with Gasteiger partial charge in [-0.25, -0.2) is 17.9 Å². The summed E-state index contributed by atoms with van der Waals surface area (Å²) in [6, 6.07) is 2.34. The Morgan fingerprint density at radius 3 is 2.43 bits per heavy atom. The van der Waals surface area contributed by atoms with Gasteiger partial charge in [0.25, 0.3) is 0 Å². The van der Waals surface area contributed by atoms with E-state index >= 15 is 0 Å². The normalized spacial score (nSPS) is 13.3. The zero-order chi connectivity index (χ0) is 16.2. The van der Waals surface area contributed by atoms with E-state index < -0.39 is 33.3 Å². The summed E-state index contributed by atoms with van der Waals surface area (Å²) in [4.78, 5) is 10.6. The molecule has 0 heterocycles. The first-order valence-corrected chi connectivity index (χ1v) is 7.85. The first kappa shape index (κ1) is 17.4. The first-order valence-electron chi connectivity index (χ1n) is 6.37. The van der Waals surface area contributed by atoms with Crippen molar-refractivity contribution in [3.05, 3.63) is 23.8 Å². The third-order valence-corrected chi connectivity index (χ3v) is 4.33. The molecule has 0 aliphatic heterocycles. The Morgan fingerprint density at radius 2 is 1.95 bits per heavy atom. The number of phenols is 1. The van der Waals surface area contributed by atoms with Crippen LogP contribution >= 0.6 is 0 Å². The zero-order valence-corrected chi connectivity index (χ0v) is 12.6. The second-order valence-corrected chi connectivity index (χ2v) is 6.83. The van der Waals surface area contributed by atoms with Gasteiger partial charge in [-0.05, 0) is 30.5 Å². The van der Waals surface area contributed by atoms with E-state index in [1.165, 1.54) is 0 Å². The highest BCUT2D eigenvalue weighted by molar-refractivity contribution is 7.89. The molecule has 1 aromatic rings. The largest absolute Gasteiger partial charge is 0.507 e. The molecule has 1 rings (SSSR count). The monoisotopic (exact) mass is 317 g/mol. The standard InChI is InChI=1S/C13H19NO6S/c1-8(2)5-9(7-15)14-21(19,20)10-3-4-12(16)11(6-10)13(17)18/h3-4,6,8-9,14-16H,5,7H2,1-2H3,(H,17,18). The predicted molar refractivity (Wildman–Crippen MR) is 75.7 cm³/mol. The topological polar surface area (TPSA) is 124 Å². The smallest absolute Gasteiger partial charge is 0.339 e. The van der Waals surface area contributed by atoms with Crippen molar-refractivity contribution < 1.29 is 28.5 Å². The highest BCUT2D eigenvalue weighted by Crippen LogP contribution is 2.21. The fourth-order valence-electron chi connectivity index (χ4n) is 1.87. The fraction of sp³-hybridized carbons (Fsp3) is 0.462. The molecule has 0 radical (unpaired) electrons.